The number of hydrogen-bond donors (Lipinski definition) is 0. The third kappa shape index (κ3) is 2.65. The van der Waals surface area contributed by atoms with E-state index in [1.807, 2.05) is 6.20 Å². The van der Waals surface area contributed by atoms with E-state index in [0.717, 1.165) is 13.0 Å². The second kappa shape index (κ2) is 5.31. The normalized spacial score (nSPS) is 18.2. The number of fused-ring (bicyclic) bond motifs is 1. The van der Waals surface area contributed by atoms with E-state index in [4.69, 9.17) is 0 Å². The maximum atomic E-state index is 4.58. The molecule has 1 aliphatic heterocycles. The lowest BCUT2D eigenvalue weighted by Gasteiger charge is -2.32. The number of rotatable bonds is 3. The van der Waals surface area contributed by atoms with Crippen molar-refractivity contribution >= 4 is 5.52 Å². The maximum absolute atomic E-state index is 4.58. The molecule has 1 fully saturated rings. The van der Waals surface area contributed by atoms with E-state index in [1.54, 1.807) is 0 Å². The summed E-state index contributed by atoms with van der Waals surface area (Å²) in [5.41, 5.74) is 2.52. The molecule has 0 aliphatic carbocycles. The van der Waals surface area contributed by atoms with Crippen molar-refractivity contribution < 1.29 is 0 Å². The molecule has 0 atom stereocenters. The van der Waals surface area contributed by atoms with Crippen LogP contribution in [0.1, 0.15) is 11.4 Å². The van der Waals surface area contributed by atoms with Gasteiger partial charge in [0, 0.05) is 45.3 Å². The lowest BCUT2D eigenvalue weighted by molar-refractivity contribution is 0.155. The first-order valence-corrected chi connectivity index (χ1v) is 7.06. The summed E-state index contributed by atoms with van der Waals surface area (Å²) < 4.78 is 2.23. The van der Waals surface area contributed by atoms with Crippen LogP contribution in [0.5, 0.6) is 0 Å². The van der Waals surface area contributed by atoms with E-state index in [-0.39, 0.29) is 0 Å². The number of aryl methyl sites for hydroxylation is 1. The van der Waals surface area contributed by atoms with Gasteiger partial charge in [-0.3, -0.25) is 0 Å². The highest BCUT2D eigenvalue weighted by Gasteiger charge is 2.14. The molecular formula is C15H22N4. The summed E-state index contributed by atoms with van der Waals surface area (Å²) >= 11 is 0. The second-order valence-electron chi connectivity index (χ2n) is 5.52. The fourth-order valence-electron chi connectivity index (χ4n) is 2.73. The molecule has 0 spiro atoms. The SMILES string of the molecule is Cc1cccn2c(CCN3CCN(C)CC3)ncc12. The van der Waals surface area contributed by atoms with Gasteiger partial charge in [0.1, 0.15) is 5.82 Å². The van der Waals surface area contributed by atoms with Crippen molar-refractivity contribution in [1.29, 1.82) is 0 Å². The van der Waals surface area contributed by atoms with Gasteiger partial charge in [-0.15, -0.1) is 0 Å². The van der Waals surface area contributed by atoms with Gasteiger partial charge in [0.05, 0.1) is 11.7 Å². The third-order valence-electron chi connectivity index (χ3n) is 4.11. The van der Waals surface area contributed by atoms with E-state index >= 15 is 0 Å². The Kier molecular flexibility index (Phi) is 3.53. The average Bonchev–Trinajstić information content (AvgIpc) is 2.83. The Morgan fingerprint density at radius 2 is 2.00 bits per heavy atom. The fourth-order valence-corrected chi connectivity index (χ4v) is 2.73. The number of piperazine rings is 1. The predicted molar refractivity (Wildman–Crippen MR) is 77.6 cm³/mol. The van der Waals surface area contributed by atoms with E-state index in [0.29, 0.717) is 0 Å². The number of hydrogen-bond acceptors (Lipinski definition) is 3. The molecule has 102 valence electrons. The monoisotopic (exact) mass is 258 g/mol. The average molecular weight is 258 g/mol. The summed E-state index contributed by atoms with van der Waals surface area (Å²) in [5.74, 6) is 1.18. The van der Waals surface area contributed by atoms with Crippen LogP contribution in [0, 0.1) is 6.92 Å². The minimum atomic E-state index is 1.03. The molecule has 1 aliphatic rings. The van der Waals surface area contributed by atoms with Crippen LogP contribution in [0.3, 0.4) is 0 Å². The zero-order valence-corrected chi connectivity index (χ0v) is 11.8. The van der Waals surface area contributed by atoms with Crippen molar-refractivity contribution in [2.24, 2.45) is 0 Å². The first-order chi connectivity index (χ1) is 9.24. The van der Waals surface area contributed by atoms with E-state index in [1.165, 1.54) is 43.1 Å². The first-order valence-electron chi connectivity index (χ1n) is 7.06. The van der Waals surface area contributed by atoms with Crippen molar-refractivity contribution in [3.05, 3.63) is 35.9 Å². The molecule has 4 nitrogen and oxygen atoms in total. The number of nitrogens with zero attached hydrogens (tertiary/aromatic N) is 4. The minimum Gasteiger partial charge on any atom is -0.304 e. The molecule has 0 unspecified atom stereocenters. The quantitative estimate of drug-likeness (QED) is 0.832. The third-order valence-corrected chi connectivity index (χ3v) is 4.11. The van der Waals surface area contributed by atoms with Crippen LogP contribution in [0.4, 0.5) is 0 Å². The Balaban J connectivity index is 1.67. The smallest absolute Gasteiger partial charge is 0.114 e. The maximum Gasteiger partial charge on any atom is 0.114 e. The number of imidazole rings is 1. The molecule has 1 saturated heterocycles. The van der Waals surface area contributed by atoms with Crippen LogP contribution in [-0.2, 0) is 6.42 Å². The van der Waals surface area contributed by atoms with Crippen molar-refractivity contribution in [3.63, 3.8) is 0 Å². The molecular weight excluding hydrogens is 236 g/mol. The standard InChI is InChI=1S/C15H22N4/c1-13-4-3-6-19-14(13)12-16-15(19)5-7-18-10-8-17(2)9-11-18/h3-4,6,12H,5,7-11H2,1-2H3. The number of pyridine rings is 1. The molecule has 3 heterocycles. The predicted octanol–water partition coefficient (Wildman–Crippen LogP) is 1.43. The number of likely N-dealkylation sites (N-methyl/N-ethyl adjacent to an activating group) is 1. The van der Waals surface area contributed by atoms with Gasteiger partial charge in [-0.25, -0.2) is 4.98 Å². The summed E-state index contributed by atoms with van der Waals surface area (Å²) in [6.45, 7) is 7.97. The molecule has 2 aromatic heterocycles. The van der Waals surface area contributed by atoms with Gasteiger partial charge in [0.2, 0.25) is 0 Å². The summed E-state index contributed by atoms with van der Waals surface area (Å²) in [5, 5.41) is 0. The lowest BCUT2D eigenvalue weighted by Crippen LogP contribution is -2.45. The fraction of sp³-hybridized carbons (Fsp3) is 0.533. The molecule has 0 aromatic carbocycles. The van der Waals surface area contributed by atoms with Gasteiger partial charge >= 0.3 is 0 Å². The van der Waals surface area contributed by atoms with E-state index in [9.17, 15) is 0 Å². The van der Waals surface area contributed by atoms with Crippen LogP contribution in [0.15, 0.2) is 24.5 Å². The van der Waals surface area contributed by atoms with Crippen molar-refractivity contribution in [2.75, 3.05) is 39.8 Å². The Bertz CT molecular complexity index is 552. The molecule has 0 saturated carbocycles. The summed E-state index contributed by atoms with van der Waals surface area (Å²) in [4.78, 5) is 9.51. The van der Waals surface area contributed by atoms with Crippen molar-refractivity contribution in [3.8, 4) is 0 Å². The first kappa shape index (κ1) is 12.6. The molecule has 19 heavy (non-hydrogen) atoms. The Hall–Kier alpha value is -1.39. The van der Waals surface area contributed by atoms with Crippen LogP contribution >= 0.6 is 0 Å². The van der Waals surface area contributed by atoms with Crippen LogP contribution in [0.2, 0.25) is 0 Å². The molecule has 3 rings (SSSR count). The second-order valence-corrected chi connectivity index (χ2v) is 5.52. The summed E-state index contributed by atoms with van der Waals surface area (Å²) in [7, 11) is 2.20. The zero-order valence-electron chi connectivity index (χ0n) is 11.8. The molecule has 0 amide bonds. The van der Waals surface area contributed by atoms with Crippen molar-refractivity contribution in [1.82, 2.24) is 19.2 Å². The topological polar surface area (TPSA) is 23.8 Å². The van der Waals surface area contributed by atoms with Crippen LogP contribution in [-0.4, -0.2) is 59.0 Å². The highest BCUT2D eigenvalue weighted by atomic mass is 15.2. The Morgan fingerprint density at radius 1 is 1.21 bits per heavy atom. The van der Waals surface area contributed by atoms with E-state index < -0.39 is 0 Å². The highest BCUT2D eigenvalue weighted by Crippen LogP contribution is 2.12. The molecule has 2 aromatic rings. The Morgan fingerprint density at radius 3 is 2.79 bits per heavy atom. The molecule has 4 heteroatoms. The van der Waals surface area contributed by atoms with Gasteiger partial charge in [0.25, 0.3) is 0 Å². The zero-order chi connectivity index (χ0) is 13.2. The van der Waals surface area contributed by atoms with Crippen molar-refractivity contribution in [2.45, 2.75) is 13.3 Å². The molecule has 0 radical (unpaired) electrons. The van der Waals surface area contributed by atoms with Gasteiger partial charge in [-0.05, 0) is 25.6 Å². The van der Waals surface area contributed by atoms with E-state index in [2.05, 4.69) is 51.5 Å². The summed E-state index contributed by atoms with van der Waals surface area (Å²) in [6.07, 6.45) is 5.14. The lowest BCUT2D eigenvalue weighted by atomic mass is 10.2. The van der Waals surface area contributed by atoms with Gasteiger partial charge in [-0.2, -0.15) is 0 Å². The van der Waals surface area contributed by atoms with Gasteiger partial charge in [0.15, 0.2) is 0 Å². The minimum absolute atomic E-state index is 1.03. The number of aromatic nitrogens is 2. The highest BCUT2D eigenvalue weighted by molar-refractivity contribution is 5.53. The molecule has 0 N–H and O–H groups in total. The van der Waals surface area contributed by atoms with Gasteiger partial charge in [-0.1, -0.05) is 6.07 Å². The van der Waals surface area contributed by atoms with Crippen LogP contribution < -0.4 is 0 Å². The van der Waals surface area contributed by atoms with Crippen LogP contribution in [0.25, 0.3) is 5.52 Å². The largest absolute Gasteiger partial charge is 0.304 e. The molecule has 0 bridgehead atoms. The van der Waals surface area contributed by atoms with Gasteiger partial charge < -0.3 is 14.2 Å². The Labute approximate surface area is 114 Å². The summed E-state index contributed by atoms with van der Waals surface area (Å²) in [6, 6.07) is 4.24.